The fourth-order valence-corrected chi connectivity index (χ4v) is 3.89. The van der Waals surface area contributed by atoms with E-state index in [2.05, 4.69) is 40.1 Å². The predicted octanol–water partition coefficient (Wildman–Crippen LogP) is 3.55. The fraction of sp³-hybridized carbons (Fsp3) is 0.478. The van der Waals surface area contributed by atoms with Crippen LogP contribution in [0.15, 0.2) is 36.4 Å². The lowest BCUT2D eigenvalue weighted by molar-refractivity contribution is -0.151. The van der Waals surface area contributed by atoms with Crippen LogP contribution in [0, 0.1) is 5.92 Å². The number of rotatable bonds is 8. The largest absolute Gasteiger partial charge is 0.497 e. The van der Waals surface area contributed by atoms with Crippen LogP contribution in [0.2, 0.25) is 0 Å². The highest BCUT2D eigenvalue weighted by molar-refractivity contribution is 5.97. The highest BCUT2D eigenvalue weighted by Gasteiger charge is 2.26. The minimum atomic E-state index is -0.654. The van der Waals surface area contributed by atoms with Crippen LogP contribution < -0.4 is 9.64 Å². The molecule has 1 heterocycles. The van der Waals surface area contributed by atoms with Gasteiger partial charge in [-0.25, -0.2) is 0 Å². The third-order valence-corrected chi connectivity index (χ3v) is 5.58. The monoisotopic (exact) mass is 434 g/mol. The lowest BCUT2D eigenvalue weighted by Crippen LogP contribution is -2.47. The van der Waals surface area contributed by atoms with Crippen molar-refractivity contribution in [3.63, 3.8) is 0 Å². The summed E-state index contributed by atoms with van der Waals surface area (Å²) >= 11 is 0. The summed E-state index contributed by atoms with van der Waals surface area (Å²) in [6, 6.07) is 12.5. The molecule has 0 aromatic heterocycles. The number of hydrogen-bond donors (Lipinski definition) is 0. The zero-order chi connectivity index (χ0) is 20.8. The van der Waals surface area contributed by atoms with Crippen LogP contribution in [0.25, 0.3) is 10.8 Å². The van der Waals surface area contributed by atoms with Crippen LogP contribution in [-0.4, -0.2) is 63.1 Å². The van der Waals surface area contributed by atoms with Gasteiger partial charge in [0.15, 0.2) is 0 Å². The van der Waals surface area contributed by atoms with E-state index in [1.807, 2.05) is 6.07 Å². The molecule has 2 aromatic rings. The van der Waals surface area contributed by atoms with Crippen molar-refractivity contribution in [3.8, 4) is 5.75 Å². The first-order chi connectivity index (χ1) is 14.0. The number of carbonyl (C=O) groups excluding carboxylic acids is 2. The molecule has 1 unspecified atom stereocenters. The Morgan fingerprint density at radius 3 is 2.47 bits per heavy atom. The molecule has 1 aliphatic rings. The molecule has 7 heteroatoms. The molecule has 0 aliphatic carbocycles. The molecule has 3 rings (SSSR count). The topological polar surface area (TPSA) is 59.1 Å². The normalized spacial score (nSPS) is 15.4. The number of fused-ring (bicyclic) bond motifs is 1. The number of esters is 1. The molecule has 0 radical (unpaired) electrons. The molecule has 2 aromatic carbocycles. The van der Waals surface area contributed by atoms with Crippen LogP contribution >= 0.6 is 12.4 Å². The molecule has 0 saturated carbocycles. The maximum Gasteiger partial charge on any atom is 0.316 e. The van der Waals surface area contributed by atoms with Gasteiger partial charge in [-0.2, -0.15) is 0 Å². The summed E-state index contributed by atoms with van der Waals surface area (Å²) in [5, 5.41) is 2.39. The van der Waals surface area contributed by atoms with Gasteiger partial charge < -0.3 is 14.4 Å². The molecule has 1 fully saturated rings. The first-order valence-corrected chi connectivity index (χ1v) is 10.2. The third-order valence-electron chi connectivity index (χ3n) is 5.58. The zero-order valence-corrected chi connectivity index (χ0v) is 18.7. The quantitative estimate of drug-likeness (QED) is 0.467. The molecule has 30 heavy (non-hydrogen) atoms. The molecule has 6 nitrogen and oxygen atoms in total. The zero-order valence-electron chi connectivity index (χ0n) is 17.9. The average Bonchev–Trinajstić information content (AvgIpc) is 2.73. The van der Waals surface area contributed by atoms with Gasteiger partial charge in [-0.15, -0.1) is 12.4 Å². The van der Waals surface area contributed by atoms with Gasteiger partial charge in [0.2, 0.25) is 0 Å². The van der Waals surface area contributed by atoms with E-state index < -0.39 is 11.9 Å². The summed E-state index contributed by atoms with van der Waals surface area (Å²) in [4.78, 5) is 28.5. The number of halogens is 1. The van der Waals surface area contributed by atoms with Gasteiger partial charge in [0.25, 0.3) is 0 Å². The molecular formula is C23H31ClN2O4. The summed E-state index contributed by atoms with van der Waals surface area (Å²) in [5.41, 5.74) is 1.22. The Kier molecular flexibility index (Phi) is 8.93. The number of hydrogen-bond acceptors (Lipinski definition) is 6. The number of carbonyl (C=O) groups is 2. The van der Waals surface area contributed by atoms with Crippen LogP contribution in [0.1, 0.15) is 20.3 Å². The van der Waals surface area contributed by atoms with Crippen molar-refractivity contribution in [1.29, 1.82) is 0 Å². The Labute approximate surface area is 184 Å². The van der Waals surface area contributed by atoms with Gasteiger partial charge in [0, 0.05) is 37.3 Å². The van der Waals surface area contributed by atoms with Crippen molar-refractivity contribution in [1.82, 2.24) is 4.90 Å². The number of ketones is 1. The number of ether oxygens (including phenoxy) is 2. The standard InChI is InChI=1S/C23H30N2O4.ClH/c1-4-29-23(27)20(17(2)26)10-11-24-12-14-25(15-13-24)22-7-5-6-18-8-9-19(28-3)16-21(18)22;/h5-9,16,20H,4,10-15H2,1-3H3;1H. The maximum absolute atomic E-state index is 12.0. The van der Waals surface area contributed by atoms with E-state index in [1.165, 1.54) is 23.4 Å². The molecule has 1 aliphatic heterocycles. The second-order valence-corrected chi connectivity index (χ2v) is 7.40. The SMILES string of the molecule is CCOC(=O)C(CCN1CCN(c2cccc3ccc(OC)cc23)CC1)C(C)=O.Cl. The molecule has 164 valence electrons. The van der Waals surface area contributed by atoms with E-state index in [9.17, 15) is 9.59 Å². The lowest BCUT2D eigenvalue weighted by atomic mass is 10.0. The number of nitrogens with zero attached hydrogens (tertiary/aromatic N) is 2. The van der Waals surface area contributed by atoms with Gasteiger partial charge in [0.1, 0.15) is 17.5 Å². The van der Waals surface area contributed by atoms with Crippen LogP contribution in [0.4, 0.5) is 5.69 Å². The Hall–Kier alpha value is -2.31. The minimum Gasteiger partial charge on any atom is -0.497 e. The second-order valence-electron chi connectivity index (χ2n) is 7.40. The Balaban J connectivity index is 0.00000320. The van der Waals surface area contributed by atoms with E-state index in [0.29, 0.717) is 13.0 Å². The Bertz CT molecular complexity index is 865. The summed E-state index contributed by atoms with van der Waals surface area (Å²) in [7, 11) is 1.69. The summed E-state index contributed by atoms with van der Waals surface area (Å²) < 4.78 is 10.4. The molecule has 0 N–H and O–H groups in total. The van der Waals surface area contributed by atoms with Gasteiger partial charge in [-0.1, -0.05) is 18.2 Å². The predicted molar refractivity (Wildman–Crippen MR) is 122 cm³/mol. The van der Waals surface area contributed by atoms with Gasteiger partial charge in [0.05, 0.1) is 13.7 Å². The number of piperazine rings is 1. The molecule has 0 bridgehead atoms. The third kappa shape index (κ3) is 5.64. The van der Waals surface area contributed by atoms with E-state index in [4.69, 9.17) is 9.47 Å². The number of Topliss-reactive ketones (excluding diaryl/α,β-unsaturated/α-hetero) is 1. The van der Waals surface area contributed by atoms with Crippen molar-refractivity contribution in [2.24, 2.45) is 5.92 Å². The lowest BCUT2D eigenvalue weighted by Gasteiger charge is -2.37. The molecule has 0 spiro atoms. The van der Waals surface area contributed by atoms with E-state index in [1.54, 1.807) is 14.0 Å². The smallest absolute Gasteiger partial charge is 0.316 e. The van der Waals surface area contributed by atoms with Crippen molar-refractivity contribution >= 4 is 40.6 Å². The van der Waals surface area contributed by atoms with Gasteiger partial charge in [-0.05, 0) is 50.4 Å². The van der Waals surface area contributed by atoms with E-state index in [0.717, 1.165) is 38.5 Å². The molecule has 1 saturated heterocycles. The van der Waals surface area contributed by atoms with Crippen LogP contribution in [0.5, 0.6) is 5.75 Å². The highest BCUT2D eigenvalue weighted by atomic mass is 35.5. The van der Waals surface area contributed by atoms with Crippen molar-refractivity contribution < 1.29 is 19.1 Å². The molecule has 0 amide bonds. The van der Waals surface area contributed by atoms with Gasteiger partial charge >= 0.3 is 5.97 Å². The van der Waals surface area contributed by atoms with Crippen molar-refractivity contribution in [2.45, 2.75) is 20.3 Å². The Morgan fingerprint density at radius 1 is 1.10 bits per heavy atom. The van der Waals surface area contributed by atoms with Crippen LogP contribution in [-0.2, 0) is 14.3 Å². The Morgan fingerprint density at radius 2 is 1.83 bits per heavy atom. The van der Waals surface area contributed by atoms with E-state index >= 15 is 0 Å². The molecular weight excluding hydrogens is 404 g/mol. The van der Waals surface area contributed by atoms with Crippen LogP contribution in [0.3, 0.4) is 0 Å². The maximum atomic E-state index is 12.0. The first-order valence-electron chi connectivity index (χ1n) is 10.2. The van der Waals surface area contributed by atoms with Crippen molar-refractivity contribution in [3.05, 3.63) is 36.4 Å². The average molecular weight is 435 g/mol. The highest BCUT2D eigenvalue weighted by Crippen LogP contribution is 2.30. The first kappa shape index (κ1) is 24.0. The number of benzene rings is 2. The minimum absolute atomic E-state index is 0. The van der Waals surface area contributed by atoms with E-state index in [-0.39, 0.29) is 18.2 Å². The summed E-state index contributed by atoms with van der Waals surface area (Å²) in [6.07, 6.45) is 0.514. The number of methoxy groups -OCH3 is 1. The molecule has 1 atom stereocenters. The van der Waals surface area contributed by atoms with Gasteiger partial charge in [-0.3, -0.25) is 14.5 Å². The van der Waals surface area contributed by atoms with Crippen molar-refractivity contribution in [2.75, 3.05) is 51.3 Å². The number of anilines is 1. The summed E-state index contributed by atoms with van der Waals surface area (Å²) in [6.45, 7) is 7.85. The fourth-order valence-electron chi connectivity index (χ4n) is 3.89. The second kappa shape index (κ2) is 11.2. The summed E-state index contributed by atoms with van der Waals surface area (Å²) in [5.74, 6) is -0.313.